The van der Waals surface area contributed by atoms with E-state index in [0.717, 1.165) is 32.6 Å². The van der Waals surface area contributed by atoms with E-state index in [1.54, 1.807) is 13.3 Å². The van der Waals surface area contributed by atoms with E-state index in [1.807, 2.05) is 42.5 Å². The maximum absolute atomic E-state index is 5.14. The summed E-state index contributed by atoms with van der Waals surface area (Å²) in [5, 5.41) is 3.28. The molecule has 0 saturated heterocycles. The summed E-state index contributed by atoms with van der Waals surface area (Å²) in [5.41, 5.74) is 2.91. The molecular formula is C16H14BrN3O. The van der Waals surface area contributed by atoms with Gasteiger partial charge in [-0.15, -0.1) is 0 Å². The topological polar surface area (TPSA) is 47.0 Å². The number of hydrogen-bond donors (Lipinski definition) is 1. The molecule has 2 aromatic carbocycles. The number of aromatic nitrogens is 2. The fourth-order valence-electron chi connectivity index (χ4n) is 2.01. The van der Waals surface area contributed by atoms with Gasteiger partial charge in [-0.2, -0.15) is 0 Å². The van der Waals surface area contributed by atoms with Crippen molar-refractivity contribution in [3.63, 3.8) is 0 Å². The minimum atomic E-state index is 0.695. The lowest BCUT2D eigenvalue weighted by Gasteiger charge is -2.07. The van der Waals surface area contributed by atoms with Crippen LogP contribution in [0, 0.1) is 0 Å². The van der Waals surface area contributed by atoms with Crippen LogP contribution < -0.4 is 10.1 Å². The van der Waals surface area contributed by atoms with Crippen LogP contribution in [0.2, 0.25) is 0 Å². The van der Waals surface area contributed by atoms with Crippen LogP contribution in [-0.2, 0) is 6.54 Å². The van der Waals surface area contributed by atoms with Gasteiger partial charge in [-0.3, -0.25) is 4.98 Å². The number of hydrogen-bond acceptors (Lipinski definition) is 4. The van der Waals surface area contributed by atoms with Crippen LogP contribution in [0.4, 0.5) is 5.82 Å². The summed E-state index contributed by atoms with van der Waals surface area (Å²) >= 11 is 3.43. The highest BCUT2D eigenvalue weighted by atomic mass is 79.9. The first kappa shape index (κ1) is 13.8. The molecule has 106 valence electrons. The van der Waals surface area contributed by atoms with Crippen LogP contribution in [0.3, 0.4) is 0 Å². The van der Waals surface area contributed by atoms with Gasteiger partial charge in [0.05, 0.1) is 24.3 Å². The van der Waals surface area contributed by atoms with Gasteiger partial charge in [0.25, 0.3) is 0 Å². The summed E-state index contributed by atoms with van der Waals surface area (Å²) in [6.45, 7) is 0.695. The zero-order valence-corrected chi connectivity index (χ0v) is 13.1. The normalized spacial score (nSPS) is 10.6. The van der Waals surface area contributed by atoms with Crippen molar-refractivity contribution in [1.82, 2.24) is 9.97 Å². The van der Waals surface area contributed by atoms with Crippen LogP contribution in [0.15, 0.2) is 53.1 Å². The number of ether oxygens (including phenoxy) is 1. The summed E-state index contributed by atoms with van der Waals surface area (Å²) in [6, 6.07) is 13.8. The number of fused-ring (bicyclic) bond motifs is 1. The first-order valence-electron chi connectivity index (χ1n) is 6.54. The quantitative estimate of drug-likeness (QED) is 0.777. The van der Waals surface area contributed by atoms with E-state index in [2.05, 4.69) is 31.2 Å². The van der Waals surface area contributed by atoms with Crippen LogP contribution in [0.25, 0.3) is 11.0 Å². The number of nitrogens with one attached hydrogen (secondary N) is 1. The number of rotatable bonds is 4. The Hall–Kier alpha value is -2.14. The molecule has 21 heavy (non-hydrogen) atoms. The smallest absolute Gasteiger partial charge is 0.145 e. The van der Waals surface area contributed by atoms with E-state index >= 15 is 0 Å². The van der Waals surface area contributed by atoms with Crippen molar-refractivity contribution >= 4 is 32.8 Å². The van der Waals surface area contributed by atoms with Crippen molar-refractivity contribution < 1.29 is 4.74 Å². The van der Waals surface area contributed by atoms with Crippen molar-refractivity contribution in [2.75, 3.05) is 12.4 Å². The van der Waals surface area contributed by atoms with Crippen molar-refractivity contribution in [1.29, 1.82) is 0 Å². The third-order valence-corrected chi connectivity index (χ3v) is 3.63. The first-order chi connectivity index (χ1) is 10.2. The third kappa shape index (κ3) is 3.31. The third-order valence-electron chi connectivity index (χ3n) is 3.14. The lowest BCUT2D eigenvalue weighted by Crippen LogP contribution is -2.02. The van der Waals surface area contributed by atoms with Gasteiger partial charge in [-0.05, 0) is 35.9 Å². The van der Waals surface area contributed by atoms with Crippen LogP contribution >= 0.6 is 15.9 Å². The average molecular weight is 344 g/mol. The van der Waals surface area contributed by atoms with Gasteiger partial charge in [0, 0.05) is 11.0 Å². The van der Waals surface area contributed by atoms with E-state index in [0.29, 0.717) is 6.54 Å². The fourth-order valence-corrected chi connectivity index (χ4v) is 2.35. The molecule has 0 atom stereocenters. The molecule has 1 N–H and O–H groups in total. The molecule has 3 aromatic rings. The van der Waals surface area contributed by atoms with E-state index in [1.165, 1.54) is 0 Å². The van der Waals surface area contributed by atoms with Crippen molar-refractivity contribution in [2.24, 2.45) is 0 Å². The number of benzene rings is 2. The Morgan fingerprint density at radius 1 is 1.10 bits per heavy atom. The second-order valence-corrected chi connectivity index (χ2v) is 5.51. The number of nitrogens with zero attached hydrogens (tertiary/aromatic N) is 2. The second kappa shape index (κ2) is 6.10. The SMILES string of the molecule is COc1ccc(CNc2cnc3cc(Br)ccc3n2)cc1. The minimum Gasteiger partial charge on any atom is -0.497 e. The first-order valence-corrected chi connectivity index (χ1v) is 7.33. The molecule has 1 aromatic heterocycles. The molecule has 0 saturated carbocycles. The van der Waals surface area contributed by atoms with E-state index in [-0.39, 0.29) is 0 Å². The van der Waals surface area contributed by atoms with Gasteiger partial charge in [0.2, 0.25) is 0 Å². The molecule has 4 nitrogen and oxygen atoms in total. The summed E-state index contributed by atoms with van der Waals surface area (Å²) in [5.74, 6) is 1.62. The van der Waals surface area contributed by atoms with Gasteiger partial charge >= 0.3 is 0 Å². The highest BCUT2D eigenvalue weighted by molar-refractivity contribution is 9.10. The standard InChI is InChI=1S/C16H14BrN3O/c1-21-13-5-2-11(3-6-13)9-19-16-10-18-15-8-12(17)4-7-14(15)20-16/h2-8,10H,9H2,1H3,(H,19,20). The summed E-state index contributed by atoms with van der Waals surface area (Å²) in [7, 11) is 1.66. The highest BCUT2D eigenvalue weighted by Crippen LogP contribution is 2.18. The highest BCUT2D eigenvalue weighted by Gasteiger charge is 2.01. The molecule has 0 aliphatic carbocycles. The Labute approximate surface area is 131 Å². The minimum absolute atomic E-state index is 0.695. The summed E-state index contributed by atoms with van der Waals surface area (Å²) < 4.78 is 6.15. The Morgan fingerprint density at radius 2 is 1.90 bits per heavy atom. The molecule has 3 rings (SSSR count). The molecule has 0 fully saturated rings. The summed E-state index contributed by atoms with van der Waals surface area (Å²) in [4.78, 5) is 8.95. The largest absolute Gasteiger partial charge is 0.497 e. The fraction of sp³-hybridized carbons (Fsp3) is 0.125. The van der Waals surface area contributed by atoms with Crippen molar-refractivity contribution in [2.45, 2.75) is 6.54 Å². The molecule has 5 heteroatoms. The van der Waals surface area contributed by atoms with Crippen molar-refractivity contribution in [3.05, 3.63) is 58.7 Å². The number of anilines is 1. The van der Waals surface area contributed by atoms with Gasteiger partial charge < -0.3 is 10.1 Å². The molecule has 1 heterocycles. The van der Waals surface area contributed by atoms with Crippen LogP contribution in [-0.4, -0.2) is 17.1 Å². The molecule has 0 unspecified atom stereocenters. The van der Waals surface area contributed by atoms with Crippen LogP contribution in [0.5, 0.6) is 5.75 Å². The van der Waals surface area contributed by atoms with E-state index < -0.39 is 0 Å². The van der Waals surface area contributed by atoms with Gasteiger partial charge in [-0.25, -0.2) is 4.98 Å². The van der Waals surface area contributed by atoms with E-state index in [4.69, 9.17) is 4.74 Å². The Balaban J connectivity index is 1.73. The molecule has 0 bridgehead atoms. The lowest BCUT2D eigenvalue weighted by molar-refractivity contribution is 0.414. The van der Waals surface area contributed by atoms with Crippen molar-refractivity contribution in [3.8, 4) is 5.75 Å². The zero-order chi connectivity index (χ0) is 14.7. The zero-order valence-electron chi connectivity index (χ0n) is 11.5. The molecule has 0 aliphatic rings. The second-order valence-electron chi connectivity index (χ2n) is 4.59. The van der Waals surface area contributed by atoms with Gasteiger partial charge in [-0.1, -0.05) is 28.1 Å². The molecule has 0 amide bonds. The maximum Gasteiger partial charge on any atom is 0.145 e. The van der Waals surface area contributed by atoms with Crippen LogP contribution in [0.1, 0.15) is 5.56 Å². The predicted octanol–water partition coefficient (Wildman–Crippen LogP) is 4.01. The predicted molar refractivity (Wildman–Crippen MR) is 87.6 cm³/mol. The molecular weight excluding hydrogens is 330 g/mol. The molecule has 0 spiro atoms. The Bertz CT molecular complexity index is 759. The maximum atomic E-state index is 5.14. The molecule has 0 radical (unpaired) electrons. The monoisotopic (exact) mass is 343 g/mol. The van der Waals surface area contributed by atoms with E-state index in [9.17, 15) is 0 Å². The van der Waals surface area contributed by atoms with Gasteiger partial charge in [0.1, 0.15) is 11.6 Å². The average Bonchev–Trinajstić information content (AvgIpc) is 2.53. The van der Waals surface area contributed by atoms with Gasteiger partial charge in [0.15, 0.2) is 0 Å². The Kier molecular flexibility index (Phi) is 4.01. The number of methoxy groups -OCH3 is 1. The lowest BCUT2D eigenvalue weighted by atomic mass is 10.2. The Morgan fingerprint density at radius 3 is 2.67 bits per heavy atom. The number of halogens is 1. The molecule has 0 aliphatic heterocycles. The summed E-state index contributed by atoms with van der Waals surface area (Å²) in [6.07, 6.45) is 1.75.